The van der Waals surface area contributed by atoms with Gasteiger partial charge in [-0.15, -0.1) is 10.2 Å². The maximum atomic E-state index is 12.2. The lowest BCUT2D eigenvalue weighted by molar-refractivity contribution is -0.115. The Morgan fingerprint density at radius 2 is 2.22 bits per heavy atom. The summed E-state index contributed by atoms with van der Waals surface area (Å²) < 4.78 is 5.52. The molecule has 3 rings (SSSR count). The molecule has 1 amide bonds. The summed E-state index contributed by atoms with van der Waals surface area (Å²) in [5.41, 5.74) is 2.83. The standard InChI is InChI=1S/C17H19N3O2S/c1-3-4-5-16-19-20-17(23-16)18-15(21)9-12-10-22-14-8-11(2)6-7-13(12)14/h6-8,10H,3-5,9H2,1-2H3,(H,18,20,21). The van der Waals surface area contributed by atoms with Gasteiger partial charge in [-0.3, -0.25) is 4.79 Å². The van der Waals surface area contributed by atoms with Gasteiger partial charge in [0.25, 0.3) is 0 Å². The van der Waals surface area contributed by atoms with Crippen LogP contribution in [0.4, 0.5) is 5.13 Å². The molecule has 2 aromatic heterocycles. The molecule has 0 aliphatic carbocycles. The molecule has 23 heavy (non-hydrogen) atoms. The SMILES string of the molecule is CCCCc1nnc(NC(=O)Cc2coc3cc(C)ccc23)s1. The lowest BCUT2D eigenvalue weighted by Gasteiger charge is -2.00. The van der Waals surface area contributed by atoms with E-state index in [1.165, 1.54) is 11.3 Å². The zero-order valence-corrected chi connectivity index (χ0v) is 14.1. The Morgan fingerprint density at radius 1 is 1.35 bits per heavy atom. The van der Waals surface area contributed by atoms with Gasteiger partial charge < -0.3 is 9.73 Å². The van der Waals surface area contributed by atoms with E-state index in [0.717, 1.165) is 46.4 Å². The van der Waals surface area contributed by atoms with Crippen LogP contribution < -0.4 is 5.32 Å². The van der Waals surface area contributed by atoms with Crippen molar-refractivity contribution in [3.63, 3.8) is 0 Å². The summed E-state index contributed by atoms with van der Waals surface area (Å²) in [7, 11) is 0. The highest BCUT2D eigenvalue weighted by molar-refractivity contribution is 7.15. The third-order valence-electron chi connectivity index (χ3n) is 3.62. The molecule has 0 aliphatic rings. The van der Waals surface area contributed by atoms with Crippen molar-refractivity contribution in [3.8, 4) is 0 Å². The van der Waals surface area contributed by atoms with E-state index in [4.69, 9.17) is 4.42 Å². The number of aromatic nitrogens is 2. The highest BCUT2D eigenvalue weighted by Crippen LogP contribution is 2.23. The topological polar surface area (TPSA) is 68.0 Å². The molecule has 0 aliphatic heterocycles. The molecule has 0 spiro atoms. The van der Waals surface area contributed by atoms with Crippen LogP contribution in [0.15, 0.2) is 28.9 Å². The number of aryl methyl sites for hydroxylation is 2. The van der Waals surface area contributed by atoms with Gasteiger partial charge in [-0.05, 0) is 25.0 Å². The first kappa shape index (κ1) is 15.7. The van der Waals surface area contributed by atoms with Crippen LogP contribution in [0.3, 0.4) is 0 Å². The summed E-state index contributed by atoms with van der Waals surface area (Å²) in [4.78, 5) is 12.2. The number of unbranched alkanes of at least 4 members (excludes halogenated alkanes) is 1. The third kappa shape index (κ3) is 3.76. The number of benzene rings is 1. The minimum Gasteiger partial charge on any atom is -0.464 e. The van der Waals surface area contributed by atoms with Crippen LogP contribution >= 0.6 is 11.3 Å². The number of anilines is 1. The fraction of sp³-hybridized carbons (Fsp3) is 0.353. The average molecular weight is 329 g/mol. The Kier molecular flexibility index (Phi) is 4.71. The quantitative estimate of drug-likeness (QED) is 0.739. The van der Waals surface area contributed by atoms with Crippen LogP contribution in [0.5, 0.6) is 0 Å². The number of nitrogens with one attached hydrogen (secondary N) is 1. The van der Waals surface area contributed by atoms with Crippen molar-refractivity contribution in [2.45, 2.75) is 39.5 Å². The first-order valence-electron chi connectivity index (χ1n) is 7.74. The number of furan rings is 1. The molecule has 6 heteroatoms. The van der Waals surface area contributed by atoms with Crippen LogP contribution in [0, 0.1) is 6.92 Å². The average Bonchev–Trinajstić information content (AvgIpc) is 3.12. The first-order chi connectivity index (χ1) is 11.2. The fourth-order valence-electron chi connectivity index (χ4n) is 2.40. The molecule has 0 unspecified atom stereocenters. The summed E-state index contributed by atoms with van der Waals surface area (Å²) >= 11 is 1.44. The Labute approximate surface area is 138 Å². The largest absolute Gasteiger partial charge is 0.464 e. The van der Waals surface area contributed by atoms with Gasteiger partial charge in [0.2, 0.25) is 11.0 Å². The van der Waals surface area contributed by atoms with Gasteiger partial charge in [0.1, 0.15) is 10.6 Å². The zero-order chi connectivity index (χ0) is 16.2. The normalized spacial score (nSPS) is 11.0. The summed E-state index contributed by atoms with van der Waals surface area (Å²) in [6.07, 6.45) is 5.03. The van der Waals surface area contributed by atoms with Crippen molar-refractivity contribution in [1.29, 1.82) is 0 Å². The van der Waals surface area contributed by atoms with Gasteiger partial charge >= 0.3 is 0 Å². The third-order valence-corrected chi connectivity index (χ3v) is 4.52. The maximum absolute atomic E-state index is 12.2. The maximum Gasteiger partial charge on any atom is 0.230 e. The molecule has 5 nitrogen and oxygen atoms in total. The predicted molar refractivity (Wildman–Crippen MR) is 91.8 cm³/mol. The van der Waals surface area contributed by atoms with Crippen LogP contribution in [0.2, 0.25) is 0 Å². The second-order valence-electron chi connectivity index (χ2n) is 5.59. The van der Waals surface area contributed by atoms with Crippen molar-refractivity contribution in [3.05, 3.63) is 40.6 Å². The number of amides is 1. The number of fused-ring (bicyclic) bond motifs is 1. The van der Waals surface area contributed by atoms with Crippen LogP contribution in [0.1, 0.15) is 35.9 Å². The molecule has 0 radical (unpaired) electrons. The summed E-state index contributed by atoms with van der Waals surface area (Å²) in [5, 5.41) is 13.4. The van der Waals surface area contributed by atoms with E-state index in [-0.39, 0.29) is 12.3 Å². The monoisotopic (exact) mass is 329 g/mol. The van der Waals surface area contributed by atoms with E-state index < -0.39 is 0 Å². The first-order valence-corrected chi connectivity index (χ1v) is 8.56. The molecule has 0 fully saturated rings. The van der Waals surface area contributed by atoms with Crippen LogP contribution in [-0.2, 0) is 17.6 Å². The van der Waals surface area contributed by atoms with Gasteiger partial charge in [-0.2, -0.15) is 0 Å². The van der Waals surface area contributed by atoms with Crippen LogP contribution in [-0.4, -0.2) is 16.1 Å². The highest BCUT2D eigenvalue weighted by atomic mass is 32.1. The van der Waals surface area contributed by atoms with Crippen molar-refractivity contribution < 1.29 is 9.21 Å². The lowest BCUT2D eigenvalue weighted by atomic mass is 10.1. The molecule has 2 heterocycles. The summed E-state index contributed by atoms with van der Waals surface area (Å²) in [5.74, 6) is -0.105. The number of hydrogen-bond acceptors (Lipinski definition) is 5. The highest BCUT2D eigenvalue weighted by Gasteiger charge is 2.12. The number of hydrogen-bond donors (Lipinski definition) is 1. The summed E-state index contributed by atoms with van der Waals surface area (Å²) in [6.45, 7) is 4.15. The van der Waals surface area contributed by atoms with Crippen LogP contribution in [0.25, 0.3) is 11.0 Å². The Hall–Kier alpha value is -2.21. The molecule has 1 aromatic carbocycles. The zero-order valence-electron chi connectivity index (χ0n) is 13.3. The molecule has 0 saturated carbocycles. The Bertz CT molecular complexity index is 822. The Morgan fingerprint density at radius 3 is 3.04 bits per heavy atom. The lowest BCUT2D eigenvalue weighted by Crippen LogP contribution is -2.13. The molecule has 120 valence electrons. The van der Waals surface area contributed by atoms with Gasteiger partial charge in [0, 0.05) is 17.4 Å². The molecular weight excluding hydrogens is 310 g/mol. The minimum absolute atomic E-state index is 0.105. The molecular formula is C17H19N3O2S. The minimum atomic E-state index is -0.105. The van der Waals surface area contributed by atoms with E-state index in [1.807, 2.05) is 25.1 Å². The van der Waals surface area contributed by atoms with Crippen molar-refractivity contribution in [2.75, 3.05) is 5.32 Å². The van der Waals surface area contributed by atoms with E-state index >= 15 is 0 Å². The predicted octanol–water partition coefficient (Wildman–Crippen LogP) is 4.12. The van der Waals surface area contributed by atoms with Gasteiger partial charge in [-0.1, -0.05) is 36.8 Å². The molecule has 1 N–H and O–H groups in total. The second-order valence-corrected chi connectivity index (χ2v) is 6.65. The summed E-state index contributed by atoms with van der Waals surface area (Å²) in [6, 6.07) is 5.98. The van der Waals surface area contributed by atoms with E-state index in [1.54, 1.807) is 6.26 Å². The molecule has 0 bridgehead atoms. The number of carbonyl (C=O) groups excluding carboxylic acids is 1. The number of nitrogens with zero attached hydrogens (tertiary/aromatic N) is 2. The van der Waals surface area contributed by atoms with E-state index in [9.17, 15) is 4.79 Å². The number of rotatable bonds is 6. The second kappa shape index (κ2) is 6.91. The van der Waals surface area contributed by atoms with Gasteiger partial charge in [-0.25, -0.2) is 0 Å². The van der Waals surface area contributed by atoms with E-state index in [0.29, 0.717) is 5.13 Å². The molecule has 0 saturated heterocycles. The van der Waals surface area contributed by atoms with Gasteiger partial charge in [0.05, 0.1) is 12.7 Å². The smallest absolute Gasteiger partial charge is 0.230 e. The number of carbonyl (C=O) groups is 1. The van der Waals surface area contributed by atoms with Gasteiger partial charge in [0.15, 0.2) is 0 Å². The molecule has 3 aromatic rings. The van der Waals surface area contributed by atoms with Crippen molar-refractivity contribution in [1.82, 2.24) is 10.2 Å². The molecule has 0 atom stereocenters. The Balaban J connectivity index is 1.65. The fourth-order valence-corrected chi connectivity index (χ4v) is 3.19. The van der Waals surface area contributed by atoms with E-state index in [2.05, 4.69) is 22.4 Å². The van der Waals surface area contributed by atoms with Crippen molar-refractivity contribution in [2.24, 2.45) is 0 Å². The van der Waals surface area contributed by atoms with Crippen molar-refractivity contribution >= 4 is 33.3 Å².